The predicted octanol–water partition coefficient (Wildman–Crippen LogP) is 7.13. The van der Waals surface area contributed by atoms with E-state index >= 15 is 0 Å². The maximum absolute atomic E-state index is 13.7. The topological polar surface area (TPSA) is 55.4 Å². The van der Waals surface area contributed by atoms with Gasteiger partial charge in [-0.15, -0.1) is 0 Å². The molecule has 0 aliphatic rings. The monoisotopic (exact) mass is 497 g/mol. The maximum Gasteiger partial charge on any atom is 0.392 e. The molecule has 0 saturated carbocycles. The van der Waals surface area contributed by atoms with E-state index in [1.165, 1.54) is 7.11 Å². The summed E-state index contributed by atoms with van der Waals surface area (Å²) in [5, 5.41) is 2.80. The van der Waals surface area contributed by atoms with E-state index in [9.17, 15) is 22.8 Å². The van der Waals surface area contributed by atoms with Crippen LogP contribution in [0.15, 0.2) is 42.5 Å². The van der Waals surface area contributed by atoms with E-state index in [1.807, 2.05) is 20.8 Å². The van der Waals surface area contributed by atoms with Crippen molar-refractivity contribution in [2.45, 2.75) is 58.5 Å². The Kier molecular flexibility index (Phi) is 9.56. The van der Waals surface area contributed by atoms with Crippen molar-refractivity contribution in [3.05, 3.63) is 64.2 Å². The fourth-order valence-electron chi connectivity index (χ4n) is 3.90. The molecule has 2 aromatic rings. The van der Waals surface area contributed by atoms with Crippen molar-refractivity contribution < 1.29 is 27.5 Å². The highest BCUT2D eigenvalue weighted by atomic mass is 35.5. The Hall–Kier alpha value is -2.54. The normalized spacial score (nSPS) is 14.4. The Morgan fingerprint density at radius 3 is 2.12 bits per heavy atom. The van der Waals surface area contributed by atoms with Crippen molar-refractivity contribution in [3.8, 4) is 0 Å². The molecule has 0 fully saturated rings. The van der Waals surface area contributed by atoms with Gasteiger partial charge in [-0.1, -0.05) is 69.6 Å². The molecule has 34 heavy (non-hydrogen) atoms. The van der Waals surface area contributed by atoms with Crippen LogP contribution in [-0.4, -0.2) is 25.2 Å². The van der Waals surface area contributed by atoms with E-state index in [4.69, 9.17) is 16.3 Å². The van der Waals surface area contributed by atoms with Gasteiger partial charge < -0.3 is 10.1 Å². The molecule has 0 aliphatic heterocycles. The van der Waals surface area contributed by atoms with Gasteiger partial charge in [0.1, 0.15) is 0 Å². The Labute approximate surface area is 203 Å². The molecular weight excluding hydrogens is 467 g/mol. The summed E-state index contributed by atoms with van der Waals surface area (Å²) in [5.74, 6) is -4.70. The van der Waals surface area contributed by atoms with Crippen LogP contribution < -0.4 is 5.32 Å². The number of aryl methyl sites for hydroxylation is 1. The molecule has 4 nitrogen and oxygen atoms in total. The van der Waals surface area contributed by atoms with Gasteiger partial charge in [0, 0.05) is 0 Å². The van der Waals surface area contributed by atoms with Gasteiger partial charge in [0.25, 0.3) is 0 Å². The van der Waals surface area contributed by atoms with Crippen LogP contribution in [0.25, 0.3) is 0 Å². The van der Waals surface area contributed by atoms with Gasteiger partial charge in [-0.3, -0.25) is 9.59 Å². The molecule has 0 heterocycles. The number of alkyl halides is 3. The molecule has 3 unspecified atom stereocenters. The average molecular weight is 498 g/mol. The van der Waals surface area contributed by atoms with Crippen molar-refractivity contribution in [2.24, 2.45) is 11.8 Å². The number of benzene rings is 2. The lowest BCUT2D eigenvalue weighted by Crippen LogP contribution is -2.34. The highest BCUT2D eigenvalue weighted by Gasteiger charge is 2.45. The highest BCUT2D eigenvalue weighted by molar-refractivity contribution is 6.33. The lowest BCUT2D eigenvalue weighted by Gasteiger charge is -2.26. The third kappa shape index (κ3) is 6.98. The molecular formula is C26H31ClF3NO3. The number of hydrogen-bond donors (Lipinski definition) is 1. The predicted molar refractivity (Wildman–Crippen MR) is 128 cm³/mol. The summed E-state index contributed by atoms with van der Waals surface area (Å²) in [7, 11) is 1.31. The SMILES string of the molecule is CCc1ccc(C(C(=O)Nc2cc(C(CC(=O)OC)C(C)C)ccc2Cl)C(C)C(F)(F)F)cc1. The van der Waals surface area contributed by atoms with Crippen LogP contribution in [0.2, 0.25) is 5.02 Å². The van der Waals surface area contributed by atoms with Crippen molar-refractivity contribution in [1.29, 1.82) is 0 Å². The highest BCUT2D eigenvalue weighted by Crippen LogP contribution is 2.39. The van der Waals surface area contributed by atoms with E-state index in [0.29, 0.717) is 0 Å². The molecule has 186 valence electrons. The van der Waals surface area contributed by atoms with Crippen molar-refractivity contribution in [2.75, 3.05) is 12.4 Å². The summed E-state index contributed by atoms with van der Waals surface area (Å²) in [5.41, 5.74) is 2.17. The number of methoxy groups -OCH3 is 1. The van der Waals surface area contributed by atoms with Crippen LogP contribution in [0.1, 0.15) is 62.6 Å². The van der Waals surface area contributed by atoms with Gasteiger partial charge in [0.05, 0.1) is 36.1 Å². The average Bonchev–Trinajstić information content (AvgIpc) is 2.78. The summed E-state index contributed by atoms with van der Waals surface area (Å²) >= 11 is 6.29. The molecule has 0 aliphatic carbocycles. The van der Waals surface area contributed by atoms with Crippen LogP contribution in [-0.2, 0) is 20.7 Å². The first-order valence-electron chi connectivity index (χ1n) is 11.2. The zero-order chi connectivity index (χ0) is 25.6. The lowest BCUT2D eigenvalue weighted by atomic mass is 9.84. The van der Waals surface area contributed by atoms with Gasteiger partial charge in [-0.2, -0.15) is 13.2 Å². The lowest BCUT2D eigenvalue weighted by molar-refractivity contribution is -0.178. The summed E-state index contributed by atoms with van der Waals surface area (Å²) in [4.78, 5) is 25.1. The Morgan fingerprint density at radius 2 is 1.62 bits per heavy atom. The molecule has 0 bridgehead atoms. The van der Waals surface area contributed by atoms with Gasteiger partial charge in [-0.05, 0) is 47.1 Å². The molecule has 8 heteroatoms. The minimum atomic E-state index is -4.57. The van der Waals surface area contributed by atoms with Crippen LogP contribution in [0.4, 0.5) is 18.9 Å². The maximum atomic E-state index is 13.7. The number of nitrogens with one attached hydrogen (secondary N) is 1. The summed E-state index contributed by atoms with van der Waals surface area (Å²) in [6.45, 7) is 6.83. The van der Waals surface area contributed by atoms with E-state index in [2.05, 4.69) is 5.32 Å². The molecule has 2 aromatic carbocycles. The van der Waals surface area contributed by atoms with Crippen molar-refractivity contribution in [3.63, 3.8) is 0 Å². The number of halogens is 4. The molecule has 0 radical (unpaired) electrons. The standard InChI is InChI=1S/C26H31ClF3NO3/c1-6-17-7-9-18(10-8-17)24(16(4)26(28,29)30)25(33)31-22-13-19(11-12-21(22)27)20(15(2)3)14-23(32)34-5/h7-13,15-16,20,24H,6,14H2,1-5H3,(H,31,33). The number of esters is 1. The second kappa shape index (κ2) is 11.7. The fourth-order valence-corrected chi connectivity index (χ4v) is 4.06. The minimum Gasteiger partial charge on any atom is -0.469 e. The molecule has 0 spiro atoms. The fraction of sp³-hybridized carbons (Fsp3) is 0.462. The van der Waals surface area contributed by atoms with E-state index in [0.717, 1.165) is 24.5 Å². The molecule has 1 amide bonds. The first-order valence-corrected chi connectivity index (χ1v) is 11.6. The Balaban J connectivity index is 2.42. The summed E-state index contributed by atoms with van der Waals surface area (Å²) in [6, 6.07) is 11.5. The summed E-state index contributed by atoms with van der Waals surface area (Å²) < 4.78 is 45.8. The van der Waals surface area contributed by atoms with Crippen molar-refractivity contribution in [1.82, 2.24) is 0 Å². The molecule has 0 aromatic heterocycles. The van der Waals surface area contributed by atoms with Crippen LogP contribution in [0.3, 0.4) is 0 Å². The van der Waals surface area contributed by atoms with Gasteiger partial charge in [-0.25, -0.2) is 0 Å². The van der Waals surface area contributed by atoms with E-state index in [-0.39, 0.29) is 40.5 Å². The number of carbonyl (C=O) groups is 2. The van der Waals surface area contributed by atoms with Gasteiger partial charge in [0.2, 0.25) is 5.91 Å². The first kappa shape index (κ1) is 27.7. The summed E-state index contributed by atoms with van der Waals surface area (Å²) in [6.07, 6.45) is -3.71. The van der Waals surface area contributed by atoms with Crippen LogP contribution in [0.5, 0.6) is 0 Å². The van der Waals surface area contributed by atoms with E-state index in [1.54, 1.807) is 42.5 Å². The number of rotatable bonds is 9. The first-order chi connectivity index (χ1) is 15.9. The van der Waals surface area contributed by atoms with Crippen molar-refractivity contribution >= 4 is 29.2 Å². The quantitative estimate of drug-likeness (QED) is 0.375. The zero-order valence-corrected chi connectivity index (χ0v) is 20.8. The Bertz CT molecular complexity index is 990. The molecule has 1 N–H and O–H groups in total. The number of anilines is 1. The third-order valence-corrected chi connectivity index (χ3v) is 6.47. The van der Waals surface area contributed by atoms with Crippen LogP contribution >= 0.6 is 11.6 Å². The van der Waals surface area contributed by atoms with E-state index < -0.39 is 23.9 Å². The zero-order valence-electron chi connectivity index (χ0n) is 20.0. The largest absolute Gasteiger partial charge is 0.469 e. The minimum absolute atomic E-state index is 0.0684. The molecule has 2 rings (SSSR count). The number of hydrogen-bond acceptors (Lipinski definition) is 3. The number of carbonyl (C=O) groups excluding carboxylic acids is 2. The third-order valence-electron chi connectivity index (χ3n) is 6.14. The Morgan fingerprint density at radius 1 is 1.03 bits per heavy atom. The van der Waals surface area contributed by atoms with Gasteiger partial charge in [0.15, 0.2) is 0 Å². The second-order valence-corrected chi connectivity index (χ2v) is 9.17. The number of amides is 1. The molecule has 3 atom stereocenters. The second-order valence-electron chi connectivity index (χ2n) is 8.76. The smallest absolute Gasteiger partial charge is 0.392 e. The number of ether oxygens (including phenoxy) is 1. The van der Waals surface area contributed by atoms with Crippen LogP contribution in [0, 0.1) is 11.8 Å². The molecule has 0 saturated heterocycles. The van der Waals surface area contributed by atoms with Gasteiger partial charge >= 0.3 is 12.1 Å².